The van der Waals surface area contributed by atoms with Crippen molar-refractivity contribution in [3.05, 3.63) is 53.3 Å². The number of hydrogen-bond acceptors (Lipinski definition) is 2. The van der Waals surface area contributed by atoms with Crippen LogP contribution in [0.25, 0.3) is 0 Å². The second-order valence-electron chi connectivity index (χ2n) is 5.55. The molecule has 0 atom stereocenters. The zero-order valence-corrected chi connectivity index (χ0v) is 12.8. The number of rotatable bonds is 7. The largest absolute Gasteiger partial charge is 0.316 e. The van der Waals surface area contributed by atoms with Gasteiger partial charge in [0.05, 0.1) is 6.20 Å². The first kappa shape index (κ1) is 14.8. The fourth-order valence-corrected chi connectivity index (χ4v) is 2.68. The summed E-state index contributed by atoms with van der Waals surface area (Å²) >= 11 is 0. The van der Waals surface area contributed by atoms with Crippen LogP contribution in [0.2, 0.25) is 0 Å². The van der Waals surface area contributed by atoms with Crippen molar-refractivity contribution in [1.82, 2.24) is 15.1 Å². The zero-order chi connectivity index (χ0) is 14.4. The molecule has 2 rings (SSSR count). The summed E-state index contributed by atoms with van der Waals surface area (Å²) < 4.78 is 2.18. The Kier molecular flexibility index (Phi) is 5.36. The average Bonchev–Trinajstić information content (AvgIpc) is 2.83. The number of benzene rings is 1. The second-order valence-corrected chi connectivity index (χ2v) is 5.55. The molecule has 0 aliphatic rings. The van der Waals surface area contributed by atoms with Gasteiger partial charge in [-0.05, 0) is 31.4 Å². The SMILES string of the molecule is CNCc1cnn(CCCc2ccccc2)c1C(C)C. The van der Waals surface area contributed by atoms with E-state index in [4.69, 9.17) is 0 Å². The molecule has 0 amide bonds. The minimum Gasteiger partial charge on any atom is -0.316 e. The van der Waals surface area contributed by atoms with Gasteiger partial charge in [0.25, 0.3) is 0 Å². The molecule has 0 aliphatic heterocycles. The van der Waals surface area contributed by atoms with Crippen molar-refractivity contribution >= 4 is 0 Å². The van der Waals surface area contributed by atoms with Crippen LogP contribution in [0.15, 0.2) is 36.5 Å². The summed E-state index contributed by atoms with van der Waals surface area (Å²) in [5.74, 6) is 0.512. The molecule has 3 heteroatoms. The fourth-order valence-electron chi connectivity index (χ4n) is 2.68. The molecule has 0 aliphatic carbocycles. The molecular formula is C17H25N3. The summed E-state index contributed by atoms with van der Waals surface area (Å²) in [7, 11) is 1.98. The van der Waals surface area contributed by atoms with Gasteiger partial charge in [0.15, 0.2) is 0 Å². The first-order valence-electron chi connectivity index (χ1n) is 7.45. The first-order valence-corrected chi connectivity index (χ1v) is 7.45. The van der Waals surface area contributed by atoms with Crippen molar-refractivity contribution in [3.63, 3.8) is 0 Å². The Hall–Kier alpha value is -1.61. The Balaban J connectivity index is 1.99. The van der Waals surface area contributed by atoms with Crippen molar-refractivity contribution < 1.29 is 0 Å². The molecule has 0 saturated heterocycles. The standard InChI is InChI=1S/C17H25N3/c1-14(2)17-16(12-18-3)13-19-20(17)11-7-10-15-8-5-4-6-9-15/h4-6,8-9,13-14,18H,7,10-12H2,1-3H3. The Labute approximate surface area is 122 Å². The van der Waals surface area contributed by atoms with E-state index in [0.717, 1.165) is 25.9 Å². The lowest BCUT2D eigenvalue weighted by Crippen LogP contribution is -2.12. The topological polar surface area (TPSA) is 29.9 Å². The lowest BCUT2D eigenvalue weighted by molar-refractivity contribution is 0.538. The van der Waals surface area contributed by atoms with Crippen LogP contribution in [0.3, 0.4) is 0 Å². The van der Waals surface area contributed by atoms with E-state index >= 15 is 0 Å². The summed E-state index contributed by atoms with van der Waals surface area (Å²) in [4.78, 5) is 0. The molecule has 0 spiro atoms. The summed E-state index contributed by atoms with van der Waals surface area (Å²) in [6.07, 6.45) is 4.25. The maximum Gasteiger partial charge on any atom is 0.0537 e. The third kappa shape index (κ3) is 3.70. The highest BCUT2D eigenvalue weighted by molar-refractivity contribution is 5.21. The van der Waals surface area contributed by atoms with E-state index < -0.39 is 0 Å². The van der Waals surface area contributed by atoms with Crippen molar-refractivity contribution in [3.8, 4) is 0 Å². The van der Waals surface area contributed by atoms with Crippen molar-refractivity contribution in [2.24, 2.45) is 0 Å². The predicted molar refractivity (Wildman–Crippen MR) is 83.8 cm³/mol. The monoisotopic (exact) mass is 271 g/mol. The zero-order valence-electron chi connectivity index (χ0n) is 12.8. The van der Waals surface area contributed by atoms with Gasteiger partial charge in [-0.25, -0.2) is 0 Å². The lowest BCUT2D eigenvalue weighted by Gasteiger charge is -2.13. The molecule has 108 valence electrons. The van der Waals surface area contributed by atoms with Crippen LogP contribution in [-0.4, -0.2) is 16.8 Å². The third-order valence-electron chi connectivity index (χ3n) is 3.55. The van der Waals surface area contributed by atoms with E-state index in [0.29, 0.717) is 5.92 Å². The van der Waals surface area contributed by atoms with E-state index in [9.17, 15) is 0 Å². The Morgan fingerprint density at radius 2 is 1.95 bits per heavy atom. The van der Waals surface area contributed by atoms with E-state index in [2.05, 4.69) is 59.3 Å². The molecular weight excluding hydrogens is 246 g/mol. The van der Waals surface area contributed by atoms with Gasteiger partial charge in [0.2, 0.25) is 0 Å². The molecule has 0 radical (unpaired) electrons. The van der Waals surface area contributed by atoms with Crippen molar-refractivity contribution in [2.45, 2.75) is 45.7 Å². The maximum atomic E-state index is 4.56. The predicted octanol–water partition coefficient (Wildman–Crippen LogP) is 3.36. The second kappa shape index (κ2) is 7.25. The van der Waals surface area contributed by atoms with Gasteiger partial charge < -0.3 is 5.32 Å². The summed E-state index contributed by atoms with van der Waals surface area (Å²) in [6.45, 7) is 6.37. The quantitative estimate of drug-likeness (QED) is 0.837. The van der Waals surface area contributed by atoms with Gasteiger partial charge in [-0.1, -0.05) is 44.2 Å². The Morgan fingerprint density at radius 1 is 1.20 bits per heavy atom. The van der Waals surface area contributed by atoms with Crippen molar-refractivity contribution in [2.75, 3.05) is 7.05 Å². The smallest absolute Gasteiger partial charge is 0.0537 e. The number of hydrogen-bond donors (Lipinski definition) is 1. The first-order chi connectivity index (χ1) is 9.72. The molecule has 0 bridgehead atoms. The van der Waals surface area contributed by atoms with Crippen LogP contribution in [0, 0.1) is 0 Å². The highest BCUT2D eigenvalue weighted by Gasteiger charge is 2.13. The summed E-state index contributed by atoms with van der Waals surface area (Å²) in [6, 6.07) is 10.7. The van der Waals surface area contributed by atoms with E-state index in [1.165, 1.54) is 16.8 Å². The molecule has 0 saturated carbocycles. The van der Waals surface area contributed by atoms with Gasteiger partial charge in [-0.15, -0.1) is 0 Å². The lowest BCUT2D eigenvalue weighted by atomic mass is 10.1. The van der Waals surface area contributed by atoms with Crippen LogP contribution in [0.1, 0.15) is 43.0 Å². The van der Waals surface area contributed by atoms with Gasteiger partial charge in [0, 0.05) is 24.3 Å². The van der Waals surface area contributed by atoms with Crippen LogP contribution in [0.4, 0.5) is 0 Å². The van der Waals surface area contributed by atoms with Gasteiger partial charge in [-0.3, -0.25) is 4.68 Å². The van der Waals surface area contributed by atoms with Crippen LogP contribution < -0.4 is 5.32 Å². The van der Waals surface area contributed by atoms with Gasteiger partial charge >= 0.3 is 0 Å². The van der Waals surface area contributed by atoms with Crippen molar-refractivity contribution in [1.29, 1.82) is 0 Å². The minimum absolute atomic E-state index is 0.512. The van der Waals surface area contributed by atoms with E-state index in [1.54, 1.807) is 0 Å². The van der Waals surface area contributed by atoms with Crippen LogP contribution in [-0.2, 0) is 19.5 Å². The molecule has 1 aromatic heterocycles. The van der Waals surface area contributed by atoms with E-state index in [1.807, 2.05) is 13.2 Å². The fraction of sp³-hybridized carbons (Fsp3) is 0.471. The summed E-state index contributed by atoms with van der Waals surface area (Å²) in [5, 5.41) is 7.79. The highest BCUT2D eigenvalue weighted by Crippen LogP contribution is 2.20. The maximum absolute atomic E-state index is 4.56. The molecule has 1 aromatic carbocycles. The molecule has 1 N–H and O–H groups in total. The minimum atomic E-state index is 0.512. The number of aryl methyl sites for hydroxylation is 2. The normalized spacial score (nSPS) is 11.2. The van der Waals surface area contributed by atoms with Gasteiger partial charge in [0.1, 0.15) is 0 Å². The number of nitrogens with one attached hydrogen (secondary N) is 1. The average molecular weight is 271 g/mol. The molecule has 20 heavy (non-hydrogen) atoms. The van der Waals surface area contributed by atoms with Gasteiger partial charge in [-0.2, -0.15) is 5.10 Å². The molecule has 0 unspecified atom stereocenters. The van der Waals surface area contributed by atoms with Crippen LogP contribution in [0.5, 0.6) is 0 Å². The van der Waals surface area contributed by atoms with E-state index in [-0.39, 0.29) is 0 Å². The Morgan fingerprint density at radius 3 is 2.60 bits per heavy atom. The Bertz CT molecular complexity index is 514. The number of nitrogens with zero attached hydrogens (tertiary/aromatic N) is 2. The summed E-state index contributed by atoms with van der Waals surface area (Å²) in [5.41, 5.74) is 4.09. The highest BCUT2D eigenvalue weighted by atomic mass is 15.3. The molecule has 1 heterocycles. The number of aromatic nitrogens is 2. The third-order valence-corrected chi connectivity index (χ3v) is 3.55. The molecule has 0 fully saturated rings. The molecule has 3 nitrogen and oxygen atoms in total. The van der Waals surface area contributed by atoms with Crippen LogP contribution >= 0.6 is 0 Å². The molecule has 2 aromatic rings.